The largest absolute Gasteiger partial charge is 0.0616 e. The molecule has 2 aliphatic carbocycles. The summed E-state index contributed by atoms with van der Waals surface area (Å²) in [6.45, 7) is 0. The molecule has 134 valence electrons. The highest BCUT2D eigenvalue weighted by Gasteiger charge is 2.16. The number of aryl methyl sites for hydroxylation is 4. The van der Waals surface area contributed by atoms with Crippen molar-refractivity contribution in [2.24, 2.45) is 0 Å². The van der Waals surface area contributed by atoms with Crippen LogP contribution in [0.4, 0.5) is 0 Å². The molecule has 5 aromatic rings. The van der Waals surface area contributed by atoms with Crippen LogP contribution < -0.4 is 0 Å². The van der Waals surface area contributed by atoms with Gasteiger partial charge in [0.2, 0.25) is 0 Å². The zero-order valence-electron chi connectivity index (χ0n) is 15.9. The quantitative estimate of drug-likeness (QED) is 0.261. The van der Waals surface area contributed by atoms with Gasteiger partial charge in [0.05, 0.1) is 0 Å². The van der Waals surface area contributed by atoms with Gasteiger partial charge in [0, 0.05) is 0 Å². The summed E-state index contributed by atoms with van der Waals surface area (Å²) in [5, 5.41) is 8.63. The van der Waals surface area contributed by atoms with Crippen LogP contribution in [0.5, 0.6) is 0 Å². The van der Waals surface area contributed by atoms with Crippen LogP contribution in [-0.4, -0.2) is 0 Å². The predicted molar refractivity (Wildman–Crippen MR) is 120 cm³/mol. The van der Waals surface area contributed by atoms with Crippen LogP contribution in [0.3, 0.4) is 0 Å². The van der Waals surface area contributed by atoms with E-state index < -0.39 is 0 Å². The average Bonchev–Trinajstić information content (AvgIpc) is 2.75. The molecule has 0 atom stereocenters. The summed E-state index contributed by atoms with van der Waals surface area (Å²) in [6, 6.07) is 31.8. The molecule has 0 nitrogen and oxygen atoms in total. The second-order valence-electron chi connectivity index (χ2n) is 7.98. The molecule has 0 heteroatoms. The number of benzene rings is 5. The third-order valence-corrected chi connectivity index (χ3v) is 6.55. The normalized spacial score (nSPS) is 13.9. The van der Waals surface area contributed by atoms with Gasteiger partial charge in [0.1, 0.15) is 0 Å². The second kappa shape index (κ2) is 6.21. The summed E-state index contributed by atoms with van der Waals surface area (Å²) >= 11 is 0. The minimum atomic E-state index is 1.07. The highest BCUT2D eigenvalue weighted by Crippen LogP contribution is 2.36. The Balaban J connectivity index is 1.70. The Morgan fingerprint density at radius 1 is 0.321 bits per heavy atom. The number of rotatable bonds is 0. The molecule has 0 radical (unpaired) electrons. The van der Waals surface area contributed by atoms with E-state index in [1.54, 1.807) is 0 Å². The first-order chi connectivity index (χ1) is 13.9. The summed E-state index contributed by atoms with van der Waals surface area (Å²) in [6.07, 6.45) is 4.30. The molecule has 0 heterocycles. The van der Waals surface area contributed by atoms with Crippen molar-refractivity contribution in [1.29, 1.82) is 0 Å². The third-order valence-electron chi connectivity index (χ3n) is 6.55. The maximum Gasteiger partial charge on any atom is -0.0143 e. The lowest BCUT2D eigenvalue weighted by molar-refractivity contribution is 0.959. The standard InChI is InChI=1S/C28H22/c1-2-8-22-20-14-13-19(21(22)7-1)15-17-27-23-9-3-5-11-25(23)28(18-16-20)26-12-6-4-10-24(26)27/h1-14H,15-18H2. The van der Waals surface area contributed by atoms with Gasteiger partial charge in [0.25, 0.3) is 0 Å². The van der Waals surface area contributed by atoms with Crippen LogP contribution in [0.25, 0.3) is 32.3 Å². The lowest BCUT2D eigenvalue weighted by Gasteiger charge is -2.20. The van der Waals surface area contributed by atoms with E-state index in [1.807, 2.05) is 0 Å². The van der Waals surface area contributed by atoms with Crippen LogP contribution in [0.15, 0.2) is 84.9 Å². The van der Waals surface area contributed by atoms with E-state index in [2.05, 4.69) is 84.9 Å². The van der Waals surface area contributed by atoms with Crippen LogP contribution >= 0.6 is 0 Å². The maximum absolute atomic E-state index is 2.37. The summed E-state index contributed by atoms with van der Waals surface area (Å²) in [5.74, 6) is 0. The maximum atomic E-state index is 2.37. The molecule has 0 unspecified atom stereocenters. The van der Waals surface area contributed by atoms with Gasteiger partial charge in [-0.25, -0.2) is 0 Å². The van der Waals surface area contributed by atoms with Crippen molar-refractivity contribution in [2.45, 2.75) is 25.7 Å². The lowest BCUT2D eigenvalue weighted by Crippen LogP contribution is -2.03. The van der Waals surface area contributed by atoms with E-state index in [4.69, 9.17) is 0 Å². The minimum absolute atomic E-state index is 1.07. The molecule has 2 aliphatic rings. The molecule has 0 fully saturated rings. The fraction of sp³-hybridized carbons (Fsp3) is 0.143. The van der Waals surface area contributed by atoms with Gasteiger partial charge in [-0.05, 0) is 80.3 Å². The van der Waals surface area contributed by atoms with Gasteiger partial charge >= 0.3 is 0 Å². The molecule has 28 heavy (non-hydrogen) atoms. The van der Waals surface area contributed by atoms with E-state index in [9.17, 15) is 0 Å². The Morgan fingerprint density at radius 2 is 0.643 bits per heavy atom. The molecular formula is C28H22. The van der Waals surface area contributed by atoms with Crippen LogP contribution in [0.2, 0.25) is 0 Å². The second-order valence-corrected chi connectivity index (χ2v) is 7.98. The minimum Gasteiger partial charge on any atom is -0.0616 e. The Labute approximate surface area is 165 Å². The Hall–Kier alpha value is -3.12. The average molecular weight is 358 g/mol. The highest BCUT2D eigenvalue weighted by atomic mass is 14.2. The lowest BCUT2D eigenvalue weighted by atomic mass is 9.84. The number of hydrogen-bond donors (Lipinski definition) is 0. The van der Waals surface area contributed by atoms with Gasteiger partial charge < -0.3 is 0 Å². The van der Waals surface area contributed by atoms with Gasteiger partial charge in [-0.2, -0.15) is 0 Å². The predicted octanol–water partition coefficient (Wildman–Crippen LogP) is 7.03. The summed E-state index contributed by atoms with van der Waals surface area (Å²) < 4.78 is 0. The van der Waals surface area contributed by atoms with Crippen molar-refractivity contribution in [2.75, 3.05) is 0 Å². The molecule has 0 saturated heterocycles. The molecule has 5 aromatic carbocycles. The Kier molecular flexibility index (Phi) is 3.52. The highest BCUT2D eigenvalue weighted by molar-refractivity contribution is 6.06. The van der Waals surface area contributed by atoms with Gasteiger partial charge in [-0.1, -0.05) is 84.9 Å². The summed E-state index contributed by atoms with van der Waals surface area (Å²) in [4.78, 5) is 0. The Morgan fingerprint density at radius 3 is 1.00 bits per heavy atom. The Bertz CT molecular complexity index is 1200. The van der Waals surface area contributed by atoms with E-state index in [-0.39, 0.29) is 0 Å². The zero-order chi connectivity index (χ0) is 18.5. The molecule has 0 aromatic heterocycles. The fourth-order valence-corrected chi connectivity index (χ4v) is 5.23. The molecule has 0 aliphatic heterocycles. The van der Waals surface area contributed by atoms with Gasteiger partial charge in [-0.3, -0.25) is 0 Å². The first-order valence-electron chi connectivity index (χ1n) is 10.3. The zero-order valence-corrected chi connectivity index (χ0v) is 15.9. The number of hydrogen-bond acceptors (Lipinski definition) is 0. The molecule has 0 amide bonds. The molecule has 0 spiro atoms. The molecular weight excluding hydrogens is 336 g/mol. The summed E-state index contributed by atoms with van der Waals surface area (Å²) in [5.41, 5.74) is 5.95. The van der Waals surface area contributed by atoms with Crippen molar-refractivity contribution in [3.05, 3.63) is 107 Å². The van der Waals surface area contributed by atoms with Crippen molar-refractivity contribution in [3.63, 3.8) is 0 Å². The van der Waals surface area contributed by atoms with Gasteiger partial charge in [-0.15, -0.1) is 0 Å². The molecule has 0 saturated carbocycles. The van der Waals surface area contributed by atoms with Crippen molar-refractivity contribution >= 4 is 32.3 Å². The SMILES string of the molecule is c1ccc2c3ccc(c2c1)CCc1c2ccccc2c(c2ccccc12)CC3. The third kappa shape index (κ3) is 2.31. The fourth-order valence-electron chi connectivity index (χ4n) is 5.23. The molecule has 0 N–H and O–H groups in total. The van der Waals surface area contributed by atoms with Crippen molar-refractivity contribution < 1.29 is 0 Å². The van der Waals surface area contributed by atoms with Gasteiger partial charge in [0.15, 0.2) is 0 Å². The van der Waals surface area contributed by atoms with Crippen LogP contribution in [0, 0.1) is 0 Å². The topological polar surface area (TPSA) is 0 Å². The van der Waals surface area contributed by atoms with Crippen LogP contribution in [0.1, 0.15) is 22.3 Å². The molecule has 4 bridgehead atoms. The van der Waals surface area contributed by atoms with E-state index in [0.717, 1.165) is 25.7 Å². The van der Waals surface area contributed by atoms with Crippen LogP contribution in [-0.2, 0) is 25.7 Å². The van der Waals surface area contributed by atoms with E-state index in [0.29, 0.717) is 0 Å². The van der Waals surface area contributed by atoms with Crippen molar-refractivity contribution in [1.82, 2.24) is 0 Å². The monoisotopic (exact) mass is 358 g/mol. The summed E-state index contributed by atoms with van der Waals surface area (Å²) in [7, 11) is 0. The van der Waals surface area contributed by atoms with E-state index >= 15 is 0 Å². The first-order valence-corrected chi connectivity index (χ1v) is 10.3. The molecule has 7 rings (SSSR count). The van der Waals surface area contributed by atoms with Crippen molar-refractivity contribution in [3.8, 4) is 0 Å². The first kappa shape index (κ1) is 15.9. The van der Waals surface area contributed by atoms with E-state index in [1.165, 1.54) is 54.6 Å². The number of fused-ring (bicyclic) bond motifs is 4. The smallest absolute Gasteiger partial charge is 0.0143 e.